The van der Waals surface area contributed by atoms with Crippen LogP contribution in [0.5, 0.6) is 0 Å². The lowest BCUT2D eigenvalue weighted by atomic mass is 10.1. The molecule has 2 heterocycles. The number of fused-ring (bicyclic) bond motifs is 1. The number of amides is 4. The normalized spacial score (nSPS) is 17.2. The van der Waals surface area contributed by atoms with Gasteiger partial charge in [-0.25, -0.2) is 4.79 Å². The number of hydrogen-bond acceptors (Lipinski definition) is 4. The van der Waals surface area contributed by atoms with Crippen LogP contribution in [0.3, 0.4) is 0 Å². The molecule has 4 amide bonds. The number of hydrogen-bond donors (Lipinski definition) is 2. The second-order valence-electron chi connectivity index (χ2n) is 5.56. The molecule has 1 aliphatic rings. The Kier molecular flexibility index (Phi) is 4.29. The molecule has 0 aliphatic carbocycles. The Morgan fingerprint density at radius 3 is 2.83 bits per heavy atom. The molecule has 1 unspecified atom stereocenters. The van der Waals surface area contributed by atoms with Crippen LogP contribution < -0.4 is 10.6 Å². The van der Waals surface area contributed by atoms with E-state index in [0.29, 0.717) is 13.0 Å². The van der Waals surface area contributed by atoms with E-state index in [0.717, 1.165) is 5.56 Å². The zero-order chi connectivity index (χ0) is 16.4. The van der Waals surface area contributed by atoms with Crippen LogP contribution in [0.25, 0.3) is 10.1 Å². The summed E-state index contributed by atoms with van der Waals surface area (Å²) in [6.45, 7) is 0.534. The summed E-state index contributed by atoms with van der Waals surface area (Å²) in [5.41, 5.74) is 1.12. The van der Waals surface area contributed by atoms with E-state index in [1.165, 1.54) is 10.1 Å². The second-order valence-corrected chi connectivity index (χ2v) is 6.47. The van der Waals surface area contributed by atoms with Gasteiger partial charge in [0.15, 0.2) is 0 Å². The number of carbonyl (C=O) groups is 3. The number of urea groups is 1. The topological polar surface area (TPSA) is 78.5 Å². The lowest BCUT2D eigenvalue weighted by Gasteiger charge is -2.17. The van der Waals surface area contributed by atoms with Crippen LogP contribution in [0.1, 0.15) is 18.4 Å². The van der Waals surface area contributed by atoms with E-state index in [2.05, 4.69) is 28.1 Å². The Labute approximate surface area is 137 Å². The minimum absolute atomic E-state index is 0.0470. The van der Waals surface area contributed by atoms with Crippen LogP contribution in [-0.4, -0.2) is 35.8 Å². The average molecular weight is 331 g/mol. The van der Waals surface area contributed by atoms with Crippen molar-refractivity contribution in [3.63, 3.8) is 0 Å². The van der Waals surface area contributed by atoms with E-state index in [1.807, 2.05) is 12.1 Å². The minimum atomic E-state index is -0.609. The van der Waals surface area contributed by atoms with E-state index in [1.54, 1.807) is 23.3 Å². The number of nitrogens with zero attached hydrogens (tertiary/aromatic N) is 1. The van der Waals surface area contributed by atoms with Gasteiger partial charge in [0.25, 0.3) is 5.91 Å². The van der Waals surface area contributed by atoms with Crippen LogP contribution in [0.4, 0.5) is 4.79 Å². The quantitative estimate of drug-likeness (QED) is 0.821. The zero-order valence-electron chi connectivity index (χ0n) is 12.7. The maximum Gasteiger partial charge on any atom is 0.322 e. The lowest BCUT2D eigenvalue weighted by Crippen LogP contribution is -2.32. The van der Waals surface area contributed by atoms with Gasteiger partial charge in [-0.05, 0) is 28.8 Å². The van der Waals surface area contributed by atoms with Crippen molar-refractivity contribution in [3.8, 4) is 0 Å². The SMILES string of the molecule is CN(Cc1csc2ccccc12)C(=O)CCC1NC(=O)NC1=O. The summed E-state index contributed by atoms with van der Waals surface area (Å²) in [4.78, 5) is 36.4. The van der Waals surface area contributed by atoms with Crippen LogP contribution in [0, 0.1) is 0 Å². The molecule has 0 saturated carbocycles. The second kappa shape index (κ2) is 6.37. The summed E-state index contributed by atoms with van der Waals surface area (Å²) in [7, 11) is 1.75. The monoisotopic (exact) mass is 331 g/mol. The maximum atomic E-state index is 12.2. The lowest BCUT2D eigenvalue weighted by molar-refractivity contribution is -0.130. The van der Waals surface area contributed by atoms with Gasteiger partial charge in [-0.1, -0.05) is 18.2 Å². The standard InChI is InChI=1S/C16H17N3O3S/c1-19(8-10-9-23-13-5-3-2-4-11(10)13)14(20)7-6-12-15(21)18-16(22)17-12/h2-5,9,12H,6-8H2,1H3,(H2,17,18,21,22). The molecule has 120 valence electrons. The predicted octanol–water partition coefficient (Wildman–Crippen LogP) is 1.85. The first-order chi connectivity index (χ1) is 11.0. The van der Waals surface area contributed by atoms with E-state index >= 15 is 0 Å². The van der Waals surface area contributed by atoms with Crippen LogP contribution >= 0.6 is 11.3 Å². The first kappa shape index (κ1) is 15.5. The van der Waals surface area contributed by atoms with Crippen molar-refractivity contribution >= 4 is 39.3 Å². The van der Waals surface area contributed by atoms with Crippen molar-refractivity contribution in [2.24, 2.45) is 0 Å². The molecular weight excluding hydrogens is 314 g/mol. The summed E-state index contributed by atoms with van der Waals surface area (Å²) in [5.74, 6) is -0.413. The highest BCUT2D eigenvalue weighted by Gasteiger charge is 2.29. The molecule has 1 atom stereocenters. The molecule has 23 heavy (non-hydrogen) atoms. The predicted molar refractivity (Wildman–Crippen MR) is 88.0 cm³/mol. The van der Waals surface area contributed by atoms with Gasteiger partial charge in [0.05, 0.1) is 0 Å². The molecule has 1 aromatic carbocycles. The van der Waals surface area contributed by atoms with Gasteiger partial charge in [-0.2, -0.15) is 0 Å². The Bertz CT molecular complexity index is 771. The molecule has 2 aromatic rings. The van der Waals surface area contributed by atoms with Crippen molar-refractivity contribution in [1.82, 2.24) is 15.5 Å². The molecule has 3 rings (SSSR count). The Hall–Kier alpha value is -2.41. The number of benzene rings is 1. The van der Waals surface area contributed by atoms with E-state index in [-0.39, 0.29) is 18.2 Å². The third-order valence-electron chi connectivity index (χ3n) is 3.90. The summed E-state index contributed by atoms with van der Waals surface area (Å²) in [6.07, 6.45) is 0.530. The van der Waals surface area contributed by atoms with Crippen molar-refractivity contribution in [2.75, 3.05) is 7.05 Å². The van der Waals surface area contributed by atoms with E-state index < -0.39 is 12.1 Å². The fraction of sp³-hybridized carbons (Fsp3) is 0.312. The molecule has 6 nitrogen and oxygen atoms in total. The zero-order valence-corrected chi connectivity index (χ0v) is 13.5. The Balaban J connectivity index is 1.57. The summed E-state index contributed by atoms with van der Waals surface area (Å²) < 4.78 is 1.20. The molecule has 1 aliphatic heterocycles. The van der Waals surface area contributed by atoms with Gasteiger partial charge in [-0.15, -0.1) is 11.3 Å². The molecule has 0 spiro atoms. The van der Waals surface area contributed by atoms with Crippen molar-refractivity contribution in [1.29, 1.82) is 0 Å². The van der Waals surface area contributed by atoms with Crippen LogP contribution in [0.15, 0.2) is 29.6 Å². The summed E-state index contributed by atoms with van der Waals surface area (Å²) in [6, 6.07) is 7.00. The molecule has 1 fully saturated rings. The number of thiophene rings is 1. The third kappa shape index (κ3) is 3.34. The smallest absolute Gasteiger partial charge is 0.322 e. The fourth-order valence-corrected chi connectivity index (χ4v) is 3.57. The largest absolute Gasteiger partial charge is 0.341 e. The van der Waals surface area contributed by atoms with E-state index in [9.17, 15) is 14.4 Å². The van der Waals surface area contributed by atoms with Gasteiger partial charge in [0, 0.05) is 24.7 Å². The van der Waals surface area contributed by atoms with Crippen molar-refractivity contribution < 1.29 is 14.4 Å². The van der Waals surface area contributed by atoms with Crippen LogP contribution in [-0.2, 0) is 16.1 Å². The molecule has 1 saturated heterocycles. The number of nitrogens with one attached hydrogen (secondary N) is 2. The molecular formula is C16H17N3O3S. The summed E-state index contributed by atoms with van der Waals surface area (Å²) >= 11 is 1.66. The first-order valence-electron chi connectivity index (χ1n) is 7.35. The highest BCUT2D eigenvalue weighted by molar-refractivity contribution is 7.17. The molecule has 0 bridgehead atoms. The average Bonchev–Trinajstić information content (AvgIpc) is 3.08. The van der Waals surface area contributed by atoms with Crippen LogP contribution in [0.2, 0.25) is 0 Å². The highest BCUT2D eigenvalue weighted by Crippen LogP contribution is 2.26. The van der Waals surface area contributed by atoms with E-state index in [4.69, 9.17) is 0 Å². The van der Waals surface area contributed by atoms with Gasteiger partial charge in [0.1, 0.15) is 6.04 Å². The Morgan fingerprint density at radius 2 is 2.09 bits per heavy atom. The van der Waals surface area contributed by atoms with Gasteiger partial charge >= 0.3 is 6.03 Å². The van der Waals surface area contributed by atoms with Crippen molar-refractivity contribution in [3.05, 3.63) is 35.2 Å². The first-order valence-corrected chi connectivity index (χ1v) is 8.23. The van der Waals surface area contributed by atoms with Gasteiger partial charge in [0.2, 0.25) is 5.91 Å². The molecule has 0 radical (unpaired) electrons. The number of imide groups is 1. The van der Waals surface area contributed by atoms with Crippen molar-refractivity contribution in [2.45, 2.75) is 25.4 Å². The molecule has 2 N–H and O–H groups in total. The Morgan fingerprint density at radius 1 is 1.30 bits per heavy atom. The molecule has 7 heteroatoms. The maximum absolute atomic E-state index is 12.2. The number of rotatable bonds is 5. The summed E-state index contributed by atoms with van der Waals surface area (Å²) in [5, 5.41) is 7.90. The number of carbonyl (C=O) groups excluding carboxylic acids is 3. The fourth-order valence-electron chi connectivity index (χ4n) is 2.62. The van der Waals surface area contributed by atoms with Gasteiger partial charge in [-0.3, -0.25) is 14.9 Å². The molecule has 1 aromatic heterocycles. The third-order valence-corrected chi connectivity index (χ3v) is 4.91. The minimum Gasteiger partial charge on any atom is -0.341 e. The highest BCUT2D eigenvalue weighted by atomic mass is 32.1. The van der Waals surface area contributed by atoms with Gasteiger partial charge < -0.3 is 10.2 Å².